The molecule has 78 valence electrons. The van der Waals surface area contributed by atoms with Gasteiger partial charge in [-0.3, -0.25) is 0 Å². The Kier molecular flexibility index (Phi) is 2.62. The Morgan fingerprint density at radius 2 is 1.54 bits per heavy atom. The smallest absolute Gasteiger partial charge is 0.00686 e. The van der Waals surface area contributed by atoms with Gasteiger partial charge in [-0.05, 0) is 34.7 Å². The highest BCUT2D eigenvalue weighted by molar-refractivity contribution is 7.19. The molecule has 0 aromatic heterocycles. The van der Waals surface area contributed by atoms with Gasteiger partial charge in [-0.2, -0.15) is 0 Å². The van der Waals surface area contributed by atoms with E-state index in [4.69, 9.17) is 0 Å². The van der Waals surface area contributed by atoms with Gasteiger partial charge in [0.25, 0.3) is 0 Å². The van der Waals surface area contributed by atoms with Gasteiger partial charge in [-0.25, -0.2) is 0 Å². The molecule has 0 saturated heterocycles. The van der Waals surface area contributed by atoms with E-state index in [9.17, 15) is 0 Å². The van der Waals surface area contributed by atoms with Gasteiger partial charge in [0.05, 0.1) is 0 Å². The SMILES string of the molecule is CC(C)(C)C1CCC1(P)C(C)(C)C. The molecular weight excluding hydrogens is 175 g/mol. The minimum absolute atomic E-state index is 0.424. The van der Waals surface area contributed by atoms with Crippen LogP contribution >= 0.6 is 9.24 Å². The van der Waals surface area contributed by atoms with Crippen LogP contribution in [0.2, 0.25) is 0 Å². The average molecular weight is 200 g/mol. The summed E-state index contributed by atoms with van der Waals surface area (Å²) >= 11 is 0. The summed E-state index contributed by atoms with van der Waals surface area (Å²) in [6.07, 6.45) is 2.79. The van der Waals surface area contributed by atoms with E-state index in [0.717, 1.165) is 5.92 Å². The molecule has 0 bridgehead atoms. The van der Waals surface area contributed by atoms with Crippen LogP contribution < -0.4 is 0 Å². The standard InChI is InChI=1S/C12H25P/c1-10(2,3)9-7-8-12(9,13)11(4,5)6/h9H,7-8,13H2,1-6H3. The molecule has 1 aliphatic carbocycles. The Hall–Kier alpha value is 0.430. The number of hydrogen-bond acceptors (Lipinski definition) is 0. The number of hydrogen-bond donors (Lipinski definition) is 0. The van der Waals surface area contributed by atoms with E-state index in [1.54, 1.807) is 0 Å². The van der Waals surface area contributed by atoms with E-state index in [-0.39, 0.29) is 0 Å². The van der Waals surface area contributed by atoms with Crippen molar-refractivity contribution in [3.63, 3.8) is 0 Å². The molecule has 1 saturated carbocycles. The summed E-state index contributed by atoms with van der Waals surface area (Å²) in [5, 5.41) is 0.477. The molecule has 0 nitrogen and oxygen atoms in total. The van der Waals surface area contributed by atoms with E-state index < -0.39 is 0 Å². The molecule has 13 heavy (non-hydrogen) atoms. The Bertz CT molecular complexity index is 194. The lowest BCUT2D eigenvalue weighted by atomic mass is 9.53. The van der Waals surface area contributed by atoms with Gasteiger partial charge in [-0.1, -0.05) is 41.5 Å². The molecular formula is C12H25P. The fourth-order valence-electron chi connectivity index (χ4n) is 2.70. The Morgan fingerprint density at radius 1 is 1.08 bits per heavy atom. The van der Waals surface area contributed by atoms with Crippen molar-refractivity contribution in [3.8, 4) is 0 Å². The van der Waals surface area contributed by atoms with E-state index in [1.807, 2.05) is 0 Å². The summed E-state index contributed by atoms with van der Waals surface area (Å²) in [4.78, 5) is 0. The van der Waals surface area contributed by atoms with Gasteiger partial charge in [0.1, 0.15) is 0 Å². The predicted molar refractivity (Wildman–Crippen MR) is 64.1 cm³/mol. The molecule has 0 N–H and O–H groups in total. The maximum Gasteiger partial charge on any atom is -0.00686 e. The second kappa shape index (κ2) is 2.96. The molecule has 1 fully saturated rings. The van der Waals surface area contributed by atoms with Crippen LogP contribution in [-0.4, -0.2) is 5.16 Å². The lowest BCUT2D eigenvalue weighted by Gasteiger charge is -2.60. The lowest BCUT2D eigenvalue weighted by Crippen LogP contribution is -2.55. The van der Waals surface area contributed by atoms with Crippen LogP contribution in [0.5, 0.6) is 0 Å². The fourth-order valence-corrected chi connectivity index (χ4v) is 3.54. The van der Waals surface area contributed by atoms with E-state index in [2.05, 4.69) is 50.8 Å². The van der Waals surface area contributed by atoms with Gasteiger partial charge in [0.15, 0.2) is 0 Å². The summed E-state index contributed by atoms with van der Waals surface area (Å²) in [5.41, 5.74) is 0.890. The normalized spacial score (nSPS) is 35.8. The molecule has 3 unspecified atom stereocenters. The Balaban J connectivity index is 2.84. The van der Waals surface area contributed by atoms with Crippen molar-refractivity contribution in [3.05, 3.63) is 0 Å². The average Bonchev–Trinajstić information content (AvgIpc) is 1.76. The first kappa shape index (κ1) is 11.5. The van der Waals surface area contributed by atoms with Crippen LogP contribution in [0.25, 0.3) is 0 Å². The first-order chi connectivity index (χ1) is 5.59. The largest absolute Gasteiger partial charge is 0.130 e. The minimum Gasteiger partial charge on any atom is -0.130 e. The van der Waals surface area contributed by atoms with Crippen molar-refractivity contribution in [2.75, 3.05) is 0 Å². The van der Waals surface area contributed by atoms with Crippen LogP contribution in [0, 0.1) is 16.7 Å². The second-order valence-corrected chi connectivity index (χ2v) is 7.78. The monoisotopic (exact) mass is 200 g/mol. The summed E-state index contributed by atoms with van der Waals surface area (Å²) in [6, 6.07) is 0. The Morgan fingerprint density at radius 3 is 1.62 bits per heavy atom. The summed E-state index contributed by atoms with van der Waals surface area (Å²) in [7, 11) is 3.15. The highest BCUT2D eigenvalue weighted by atomic mass is 31.0. The highest BCUT2D eigenvalue weighted by Gasteiger charge is 2.54. The molecule has 0 amide bonds. The summed E-state index contributed by atoms with van der Waals surface area (Å²) in [6.45, 7) is 14.2. The molecule has 0 radical (unpaired) electrons. The topological polar surface area (TPSA) is 0 Å². The molecule has 1 heteroatoms. The maximum atomic E-state index is 3.15. The van der Waals surface area contributed by atoms with E-state index >= 15 is 0 Å². The van der Waals surface area contributed by atoms with Crippen LogP contribution in [0.4, 0.5) is 0 Å². The third-order valence-corrected chi connectivity index (χ3v) is 5.47. The van der Waals surface area contributed by atoms with Crippen molar-refractivity contribution < 1.29 is 0 Å². The maximum absolute atomic E-state index is 3.15. The third kappa shape index (κ3) is 1.80. The minimum atomic E-state index is 0.424. The van der Waals surface area contributed by atoms with Gasteiger partial charge in [-0.15, -0.1) is 9.24 Å². The first-order valence-corrected chi connectivity index (χ1v) is 5.96. The molecule has 0 heterocycles. The third-order valence-electron chi connectivity index (χ3n) is 3.91. The van der Waals surface area contributed by atoms with Gasteiger partial charge < -0.3 is 0 Å². The predicted octanol–water partition coefficient (Wildman–Crippen LogP) is 4.10. The molecule has 1 aliphatic rings. The number of rotatable bonds is 0. The van der Waals surface area contributed by atoms with Gasteiger partial charge >= 0.3 is 0 Å². The molecule has 0 spiro atoms. The zero-order chi connectivity index (χ0) is 10.5. The molecule has 0 aromatic rings. The summed E-state index contributed by atoms with van der Waals surface area (Å²) < 4.78 is 0. The molecule has 1 rings (SSSR count). The lowest BCUT2D eigenvalue weighted by molar-refractivity contribution is 0.0146. The Labute approximate surface area is 86.1 Å². The highest BCUT2D eigenvalue weighted by Crippen LogP contribution is 2.61. The first-order valence-electron chi connectivity index (χ1n) is 5.38. The zero-order valence-corrected chi connectivity index (χ0v) is 11.2. The molecule has 3 atom stereocenters. The van der Waals surface area contributed by atoms with Crippen molar-refractivity contribution in [2.45, 2.75) is 59.5 Å². The molecule has 0 aliphatic heterocycles. The fraction of sp³-hybridized carbons (Fsp3) is 1.00. The van der Waals surface area contributed by atoms with Crippen LogP contribution in [0.1, 0.15) is 54.4 Å². The quantitative estimate of drug-likeness (QED) is 0.516. The molecule has 0 aromatic carbocycles. The van der Waals surface area contributed by atoms with Crippen molar-refractivity contribution in [1.29, 1.82) is 0 Å². The van der Waals surface area contributed by atoms with Crippen LogP contribution in [-0.2, 0) is 0 Å². The van der Waals surface area contributed by atoms with Crippen LogP contribution in [0.3, 0.4) is 0 Å². The van der Waals surface area contributed by atoms with E-state index in [1.165, 1.54) is 12.8 Å². The van der Waals surface area contributed by atoms with Crippen molar-refractivity contribution in [2.24, 2.45) is 16.7 Å². The van der Waals surface area contributed by atoms with Gasteiger partial charge in [0.2, 0.25) is 0 Å². The summed E-state index contributed by atoms with van der Waals surface area (Å²) in [5.74, 6) is 0.866. The van der Waals surface area contributed by atoms with Crippen molar-refractivity contribution >= 4 is 9.24 Å². The zero-order valence-electron chi connectivity index (χ0n) is 10.1. The van der Waals surface area contributed by atoms with Crippen molar-refractivity contribution in [1.82, 2.24) is 0 Å². The van der Waals surface area contributed by atoms with Crippen LogP contribution in [0.15, 0.2) is 0 Å². The van der Waals surface area contributed by atoms with Gasteiger partial charge in [0, 0.05) is 0 Å². The van der Waals surface area contributed by atoms with E-state index in [0.29, 0.717) is 16.0 Å². The second-order valence-electron chi connectivity index (χ2n) is 6.75.